The minimum Gasteiger partial charge on any atom is -0.481 e. The number of fused-ring (bicyclic) bond motifs is 1. The monoisotopic (exact) mass is 341 g/mol. The van der Waals surface area contributed by atoms with E-state index in [0.29, 0.717) is 5.92 Å². The molecule has 0 saturated heterocycles. The molecule has 5 heteroatoms. The molecule has 3 nitrogen and oxygen atoms in total. The maximum Gasteiger partial charge on any atom is 0.313 e. The molecule has 0 spiro atoms. The number of benzene rings is 2. The third-order valence-electron chi connectivity index (χ3n) is 4.28. The third-order valence-corrected chi connectivity index (χ3v) is 5.26. The molecule has 122 valence electrons. The van der Waals surface area contributed by atoms with Crippen molar-refractivity contribution >= 4 is 28.6 Å². The van der Waals surface area contributed by atoms with Gasteiger partial charge in [-0.15, -0.1) is 11.8 Å². The van der Waals surface area contributed by atoms with E-state index in [9.17, 15) is 9.18 Å². The highest BCUT2D eigenvalue weighted by atomic mass is 32.2. The summed E-state index contributed by atoms with van der Waals surface area (Å²) >= 11 is 1.29. The molecule has 4 rings (SSSR count). The number of carboxylic acid groups (broad SMARTS) is 1. The topological polar surface area (TPSA) is 53.1 Å². The van der Waals surface area contributed by atoms with Crippen molar-refractivity contribution in [1.29, 1.82) is 0 Å². The van der Waals surface area contributed by atoms with E-state index in [2.05, 4.69) is 4.98 Å². The van der Waals surface area contributed by atoms with Crippen LogP contribution in [0.4, 0.5) is 4.39 Å². The zero-order valence-electron chi connectivity index (χ0n) is 12.9. The fraction of sp³-hybridized carbons (Fsp3) is 0.211. The Morgan fingerprint density at radius 3 is 2.75 bits per heavy atom. The van der Waals surface area contributed by atoms with Crippen molar-refractivity contribution in [2.75, 3.05) is 5.75 Å². The van der Waals surface area contributed by atoms with Crippen LogP contribution >= 0.6 is 11.8 Å². The number of halogens is 1. The minimum atomic E-state index is -0.832. The summed E-state index contributed by atoms with van der Waals surface area (Å²) in [5, 5.41) is 9.76. The summed E-state index contributed by atoms with van der Waals surface area (Å²) in [7, 11) is 0. The SMILES string of the molecule is O=C(O)CSc1ccc2[nH]c(-c3ccc(C4CC4)c(F)c3)cc2c1. The van der Waals surface area contributed by atoms with Gasteiger partial charge >= 0.3 is 5.97 Å². The van der Waals surface area contributed by atoms with E-state index < -0.39 is 5.97 Å². The van der Waals surface area contributed by atoms with Gasteiger partial charge in [0.25, 0.3) is 0 Å². The number of hydrogen-bond acceptors (Lipinski definition) is 2. The molecule has 1 fully saturated rings. The lowest BCUT2D eigenvalue weighted by atomic mass is 10.1. The summed E-state index contributed by atoms with van der Waals surface area (Å²) < 4.78 is 14.2. The normalized spacial score (nSPS) is 14.2. The Bertz CT molecular complexity index is 930. The van der Waals surface area contributed by atoms with Gasteiger partial charge in [0.15, 0.2) is 0 Å². The predicted octanol–water partition coefficient (Wildman–Crippen LogP) is 5.03. The zero-order chi connectivity index (χ0) is 16.7. The zero-order valence-corrected chi connectivity index (χ0v) is 13.7. The van der Waals surface area contributed by atoms with Gasteiger partial charge in [-0.1, -0.05) is 12.1 Å². The van der Waals surface area contributed by atoms with Crippen LogP contribution in [-0.2, 0) is 4.79 Å². The predicted molar refractivity (Wildman–Crippen MR) is 94.0 cm³/mol. The number of rotatable bonds is 5. The van der Waals surface area contributed by atoms with Gasteiger partial charge < -0.3 is 10.1 Å². The van der Waals surface area contributed by atoms with Gasteiger partial charge in [0.2, 0.25) is 0 Å². The number of nitrogens with one attached hydrogen (secondary N) is 1. The smallest absolute Gasteiger partial charge is 0.313 e. The van der Waals surface area contributed by atoms with Gasteiger partial charge in [-0.05, 0) is 54.7 Å². The lowest BCUT2D eigenvalue weighted by Gasteiger charge is -2.03. The van der Waals surface area contributed by atoms with E-state index >= 15 is 0 Å². The van der Waals surface area contributed by atoms with E-state index in [1.165, 1.54) is 11.8 Å². The molecule has 1 aromatic heterocycles. The first-order chi connectivity index (χ1) is 11.6. The number of aromatic nitrogens is 1. The second kappa shape index (κ2) is 5.98. The summed E-state index contributed by atoms with van der Waals surface area (Å²) in [4.78, 5) is 14.9. The molecule has 2 N–H and O–H groups in total. The van der Waals surface area contributed by atoms with Gasteiger partial charge in [-0.3, -0.25) is 4.79 Å². The highest BCUT2D eigenvalue weighted by Crippen LogP contribution is 2.42. The van der Waals surface area contributed by atoms with Crippen LogP contribution in [-0.4, -0.2) is 21.8 Å². The summed E-state index contributed by atoms with van der Waals surface area (Å²) in [6, 6.07) is 13.2. The maximum atomic E-state index is 14.2. The minimum absolute atomic E-state index is 0.0383. The molecule has 1 aliphatic rings. The van der Waals surface area contributed by atoms with E-state index in [-0.39, 0.29) is 11.6 Å². The Morgan fingerprint density at radius 2 is 2.04 bits per heavy atom. The van der Waals surface area contributed by atoms with Crippen molar-refractivity contribution in [3.63, 3.8) is 0 Å². The molecule has 24 heavy (non-hydrogen) atoms. The van der Waals surface area contributed by atoms with E-state index in [4.69, 9.17) is 5.11 Å². The molecule has 2 aromatic carbocycles. The Kier molecular flexibility index (Phi) is 3.81. The van der Waals surface area contributed by atoms with E-state index in [1.54, 1.807) is 6.07 Å². The number of H-pyrrole nitrogens is 1. The molecule has 1 saturated carbocycles. The second-order valence-electron chi connectivity index (χ2n) is 6.13. The Hall–Kier alpha value is -2.27. The first kappa shape index (κ1) is 15.3. The molecule has 0 bridgehead atoms. The molecule has 3 aromatic rings. The fourth-order valence-electron chi connectivity index (χ4n) is 2.92. The van der Waals surface area contributed by atoms with Gasteiger partial charge in [0.05, 0.1) is 5.75 Å². The van der Waals surface area contributed by atoms with Crippen LogP contribution in [0, 0.1) is 5.82 Å². The molecular weight excluding hydrogens is 325 g/mol. The average molecular weight is 341 g/mol. The highest BCUT2D eigenvalue weighted by molar-refractivity contribution is 8.00. The first-order valence-corrected chi connectivity index (χ1v) is 8.86. The summed E-state index contributed by atoms with van der Waals surface area (Å²) in [5.74, 6) is -0.528. The van der Waals surface area contributed by atoms with Crippen LogP contribution in [0.2, 0.25) is 0 Å². The second-order valence-corrected chi connectivity index (χ2v) is 7.17. The van der Waals surface area contributed by atoms with Crippen LogP contribution in [0.1, 0.15) is 24.3 Å². The number of hydrogen-bond donors (Lipinski definition) is 2. The number of aromatic amines is 1. The van der Waals surface area contributed by atoms with E-state index in [1.807, 2.05) is 36.4 Å². The first-order valence-electron chi connectivity index (χ1n) is 7.87. The standard InChI is InChI=1S/C19H16FNO2S/c20-16-8-12(3-5-15(16)11-1-2-11)18-9-13-7-14(24-10-19(22)23)4-6-17(13)21-18/h3-9,11,21H,1-2,10H2,(H,22,23). The number of carboxylic acids is 1. The number of carbonyl (C=O) groups is 1. The van der Waals surface area contributed by atoms with Gasteiger partial charge in [0.1, 0.15) is 5.82 Å². The van der Waals surface area contributed by atoms with Crippen molar-refractivity contribution in [2.24, 2.45) is 0 Å². The van der Waals surface area contributed by atoms with Crippen LogP contribution in [0.3, 0.4) is 0 Å². The van der Waals surface area contributed by atoms with Gasteiger partial charge in [-0.25, -0.2) is 4.39 Å². The Morgan fingerprint density at radius 1 is 1.21 bits per heavy atom. The van der Waals surface area contributed by atoms with Crippen molar-refractivity contribution in [3.05, 3.63) is 53.8 Å². The molecule has 0 amide bonds. The van der Waals surface area contributed by atoms with E-state index in [0.717, 1.165) is 45.5 Å². The highest BCUT2D eigenvalue weighted by Gasteiger charge is 2.26. The van der Waals surface area contributed by atoms with Crippen molar-refractivity contribution < 1.29 is 14.3 Å². The molecule has 0 atom stereocenters. The quantitative estimate of drug-likeness (QED) is 0.640. The molecule has 1 heterocycles. The van der Waals surface area contributed by atoms with Crippen LogP contribution in [0.5, 0.6) is 0 Å². The van der Waals surface area contributed by atoms with Gasteiger partial charge in [-0.2, -0.15) is 0 Å². The van der Waals surface area contributed by atoms with Crippen LogP contribution in [0.15, 0.2) is 47.4 Å². The maximum absolute atomic E-state index is 14.2. The Labute approximate surface area is 142 Å². The van der Waals surface area contributed by atoms with Crippen LogP contribution in [0.25, 0.3) is 22.2 Å². The summed E-state index contributed by atoms with van der Waals surface area (Å²) in [6.45, 7) is 0. The third kappa shape index (κ3) is 3.04. The van der Waals surface area contributed by atoms with Crippen molar-refractivity contribution in [3.8, 4) is 11.3 Å². The van der Waals surface area contributed by atoms with Crippen molar-refractivity contribution in [1.82, 2.24) is 4.98 Å². The lowest BCUT2D eigenvalue weighted by molar-refractivity contribution is -0.133. The molecule has 0 radical (unpaired) electrons. The lowest BCUT2D eigenvalue weighted by Crippen LogP contribution is -1.97. The molecule has 0 unspecified atom stereocenters. The molecular formula is C19H16FNO2S. The molecule has 1 aliphatic carbocycles. The van der Waals surface area contributed by atoms with Gasteiger partial charge in [0, 0.05) is 27.1 Å². The number of aliphatic carboxylic acids is 1. The summed E-state index contributed by atoms with van der Waals surface area (Å²) in [6.07, 6.45) is 2.17. The molecule has 0 aliphatic heterocycles. The number of thioether (sulfide) groups is 1. The summed E-state index contributed by atoms with van der Waals surface area (Å²) in [5.41, 5.74) is 3.47. The average Bonchev–Trinajstić information content (AvgIpc) is 3.31. The Balaban J connectivity index is 1.64. The van der Waals surface area contributed by atoms with Crippen LogP contribution < -0.4 is 0 Å². The van der Waals surface area contributed by atoms with Crippen molar-refractivity contribution in [2.45, 2.75) is 23.7 Å². The largest absolute Gasteiger partial charge is 0.481 e. The fourth-order valence-corrected chi connectivity index (χ4v) is 3.59.